The van der Waals surface area contributed by atoms with Crippen LogP contribution in [0.1, 0.15) is 75.8 Å². The smallest absolute Gasteiger partial charge is 0.261 e. The first kappa shape index (κ1) is 26.1. The predicted molar refractivity (Wildman–Crippen MR) is 149 cm³/mol. The van der Waals surface area contributed by atoms with Crippen molar-refractivity contribution in [3.8, 4) is 0 Å². The number of aryl methyl sites for hydroxylation is 2. The van der Waals surface area contributed by atoms with Gasteiger partial charge in [0.15, 0.2) is 0 Å². The first-order chi connectivity index (χ1) is 18.1. The van der Waals surface area contributed by atoms with Crippen molar-refractivity contribution < 1.29 is 14.1 Å². The third-order valence-electron chi connectivity index (χ3n) is 7.40. The van der Waals surface area contributed by atoms with Crippen molar-refractivity contribution in [2.45, 2.75) is 53.0 Å². The SMILES string of the molecule is Cc1oncc1C(=O)Nc1cccc([C@@H](CN)NC(=O)c2cc3cc4c(nc3s2)CC[C@@H](C(C)(C)C)C4)c1. The Kier molecular flexibility index (Phi) is 7.07. The zero-order valence-electron chi connectivity index (χ0n) is 22.1. The number of nitrogens with zero attached hydrogens (tertiary/aromatic N) is 2. The van der Waals surface area contributed by atoms with Crippen LogP contribution in [0, 0.1) is 18.3 Å². The fourth-order valence-corrected chi connectivity index (χ4v) is 5.97. The molecule has 198 valence electrons. The number of anilines is 1. The predicted octanol–water partition coefficient (Wildman–Crippen LogP) is 5.43. The standard InChI is InChI=1S/C29H33N5O3S/c1-16-22(15-31-37-16)26(35)32-21-7-5-6-17(12-21)24(14-30)33-27(36)25-13-19-10-18-11-20(29(2,3)4)8-9-23(18)34-28(19)38-25/h5-7,10,12-13,15,20,24H,8-9,11,14,30H2,1-4H3,(H,32,35)(H,33,36)/t20-,24-/m1/s1. The number of nitrogens with two attached hydrogens (primary N) is 1. The summed E-state index contributed by atoms with van der Waals surface area (Å²) in [5.41, 5.74) is 10.5. The van der Waals surface area contributed by atoms with Crippen LogP contribution in [0.15, 0.2) is 47.1 Å². The van der Waals surface area contributed by atoms with Crippen LogP contribution in [-0.2, 0) is 12.8 Å². The van der Waals surface area contributed by atoms with Crippen molar-refractivity contribution in [2.24, 2.45) is 17.1 Å². The number of carbonyl (C=O) groups excluding carboxylic acids is 2. The molecule has 0 fully saturated rings. The van der Waals surface area contributed by atoms with E-state index >= 15 is 0 Å². The van der Waals surface area contributed by atoms with Gasteiger partial charge in [0, 0.05) is 23.3 Å². The van der Waals surface area contributed by atoms with Gasteiger partial charge < -0.3 is 20.9 Å². The Morgan fingerprint density at radius 3 is 2.74 bits per heavy atom. The van der Waals surface area contributed by atoms with Crippen molar-refractivity contribution >= 4 is 39.1 Å². The third-order valence-corrected chi connectivity index (χ3v) is 8.45. The van der Waals surface area contributed by atoms with Crippen molar-refractivity contribution in [2.75, 3.05) is 11.9 Å². The lowest BCUT2D eigenvalue weighted by molar-refractivity contribution is 0.0941. The summed E-state index contributed by atoms with van der Waals surface area (Å²) < 4.78 is 4.98. The summed E-state index contributed by atoms with van der Waals surface area (Å²) in [5.74, 6) is 0.562. The monoisotopic (exact) mass is 531 g/mol. The molecule has 2 amide bonds. The molecule has 2 atom stereocenters. The number of amides is 2. The zero-order chi connectivity index (χ0) is 27.0. The second-order valence-corrected chi connectivity index (χ2v) is 12.1. The van der Waals surface area contributed by atoms with E-state index in [4.69, 9.17) is 15.2 Å². The van der Waals surface area contributed by atoms with E-state index in [2.05, 4.69) is 42.6 Å². The molecular weight excluding hydrogens is 498 g/mol. The number of rotatable bonds is 6. The Labute approximate surface area is 226 Å². The molecule has 0 aliphatic heterocycles. The van der Waals surface area contributed by atoms with Gasteiger partial charge in [0.05, 0.1) is 17.1 Å². The molecule has 4 N–H and O–H groups in total. The molecule has 0 unspecified atom stereocenters. The van der Waals surface area contributed by atoms with Gasteiger partial charge in [-0.25, -0.2) is 4.98 Å². The molecule has 8 nitrogen and oxygen atoms in total. The first-order valence-corrected chi connectivity index (χ1v) is 13.7. The van der Waals surface area contributed by atoms with Crippen molar-refractivity contribution in [3.63, 3.8) is 0 Å². The third kappa shape index (κ3) is 5.35. The average molecular weight is 532 g/mol. The minimum Gasteiger partial charge on any atom is -0.361 e. The number of nitrogens with one attached hydrogen (secondary N) is 2. The van der Waals surface area contributed by atoms with Gasteiger partial charge in [0.25, 0.3) is 11.8 Å². The van der Waals surface area contributed by atoms with Crippen LogP contribution < -0.4 is 16.4 Å². The lowest BCUT2D eigenvalue weighted by Gasteiger charge is -2.34. The number of pyridine rings is 1. The molecule has 1 aliphatic carbocycles. The van der Waals surface area contributed by atoms with Crippen LogP contribution in [0.25, 0.3) is 10.2 Å². The molecule has 0 bridgehead atoms. The topological polar surface area (TPSA) is 123 Å². The minimum atomic E-state index is -0.421. The summed E-state index contributed by atoms with van der Waals surface area (Å²) in [6, 6.07) is 11.0. The Hall–Kier alpha value is -3.56. The maximum absolute atomic E-state index is 13.2. The van der Waals surface area contributed by atoms with E-state index in [1.807, 2.05) is 24.3 Å². The highest BCUT2D eigenvalue weighted by atomic mass is 32.1. The minimum absolute atomic E-state index is 0.191. The van der Waals surface area contributed by atoms with E-state index in [0.717, 1.165) is 40.7 Å². The second-order valence-electron chi connectivity index (χ2n) is 11.0. The van der Waals surface area contributed by atoms with Gasteiger partial charge in [-0.05, 0) is 72.9 Å². The number of aromatic nitrogens is 2. The highest BCUT2D eigenvalue weighted by molar-refractivity contribution is 7.20. The number of thiophene rings is 1. The fraction of sp³-hybridized carbons (Fsp3) is 0.379. The fourth-order valence-electron chi connectivity index (χ4n) is 5.03. The molecule has 9 heteroatoms. The summed E-state index contributed by atoms with van der Waals surface area (Å²) in [5, 5.41) is 10.6. The van der Waals surface area contributed by atoms with Crippen LogP contribution in [0.2, 0.25) is 0 Å². The molecule has 38 heavy (non-hydrogen) atoms. The number of hydrogen-bond donors (Lipinski definition) is 3. The summed E-state index contributed by atoms with van der Waals surface area (Å²) in [4.78, 5) is 32.2. The van der Waals surface area contributed by atoms with E-state index in [0.29, 0.717) is 27.8 Å². The Bertz CT molecular complexity index is 1500. The maximum Gasteiger partial charge on any atom is 0.261 e. The molecule has 1 aromatic carbocycles. The summed E-state index contributed by atoms with van der Waals surface area (Å²) >= 11 is 1.41. The summed E-state index contributed by atoms with van der Waals surface area (Å²) in [7, 11) is 0. The van der Waals surface area contributed by atoms with Crippen molar-refractivity contribution in [1.82, 2.24) is 15.5 Å². The van der Waals surface area contributed by atoms with E-state index < -0.39 is 6.04 Å². The number of fused-ring (bicyclic) bond motifs is 2. The lowest BCUT2D eigenvalue weighted by atomic mass is 9.71. The van der Waals surface area contributed by atoms with Crippen LogP contribution in [0.3, 0.4) is 0 Å². The molecule has 4 aromatic rings. The maximum atomic E-state index is 13.2. The molecule has 0 radical (unpaired) electrons. The highest BCUT2D eigenvalue weighted by Gasteiger charge is 2.30. The second kappa shape index (κ2) is 10.3. The zero-order valence-corrected chi connectivity index (χ0v) is 22.9. The van der Waals surface area contributed by atoms with Gasteiger partial charge in [0.1, 0.15) is 16.2 Å². The van der Waals surface area contributed by atoms with Crippen LogP contribution >= 0.6 is 11.3 Å². The van der Waals surface area contributed by atoms with Crippen molar-refractivity contribution in [3.05, 3.63) is 75.6 Å². The number of carbonyl (C=O) groups is 2. The molecule has 3 heterocycles. The summed E-state index contributed by atoms with van der Waals surface area (Å²) in [6.07, 6.45) is 4.53. The van der Waals surface area contributed by atoms with E-state index in [1.54, 1.807) is 13.0 Å². The summed E-state index contributed by atoms with van der Waals surface area (Å²) in [6.45, 7) is 8.80. The molecule has 1 aliphatic rings. The molecule has 0 spiro atoms. The number of benzene rings is 1. The number of hydrogen-bond acceptors (Lipinski definition) is 7. The van der Waals surface area contributed by atoms with Gasteiger partial charge >= 0.3 is 0 Å². The first-order valence-electron chi connectivity index (χ1n) is 12.9. The van der Waals surface area contributed by atoms with Crippen LogP contribution in [0.5, 0.6) is 0 Å². The van der Waals surface area contributed by atoms with E-state index in [9.17, 15) is 9.59 Å². The van der Waals surface area contributed by atoms with Gasteiger partial charge in [-0.2, -0.15) is 0 Å². The Balaban J connectivity index is 1.31. The normalized spacial score (nSPS) is 16.2. The van der Waals surface area contributed by atoms with E-state index in [-0.39, 0.29) is 23.8 Å². The molecular formula is C29H33N5O3S. The van der Waals surface area contributed by atoms with Crippen LogP contribution in [0.4, 0.5) is 5.69 Å². The Morgan fingerprint density at radius 1 is 1.21 bits per heavy atom. The quantitative estimate of drug-likeness (QED) is 0.305. The van der Waals surface area contributed by atoms with Crippen LogP contribution in [-0.4, -0.2) is 28.5 Å². The highest BCUT2D eigenvalue weighted by Crippen LogP contribution is 2.38. The molecule has 3 aromatic heterocycles. The van der Waals surface area contributed by atoms with E-state index in [1.165, 1.54) is 23.1 Å². The van der Waals surface area contributed by atoms with Gasteiger partial charge in [-0.15, -0.1) is 11.3 Å². The van der Waals surface area contributed by atoms with Gasteiger partial charge in [-0.1, -0.05) is 38.1 Å². The Morgan fingerprint density at radius 2 is 2.03 bits per heavy atom. The lowest BCUT2D eigenvalue weighted by Crippen LogP contribution is -2.33. The average Bonchev–Trinajstić information content (AvgIpc) is 3.50. The molecule has 5 rings (SSSR count). The molecule has 0 saturated heterocycles. The largest absolute Gasteiger partial charge is 0.361 e. The molecule has 0 saturated carbocycles. The van der Waals surface area contributed by atoms with Gasteiger partial charge in [-0.3, -0.25) is 9.59 Å². The van der Waals surface area contributed by atoms with Crippen molar-refractivity contribution in [1.29, 1.82) is 0 Å². The van der Waals surface area contributed by atoms with Gasteiger partial charge in [0.2, 0.25) is 0 Å².